The molecule has 11 heteroatoms. The molecule has 1 amide bonds. The summed E-state index contributed by atoms with van der Waals surface area (Å²) in [5.41, 5.74) is 3.94. The number of non-ortho nitro benzene ring substituents is 1. The third kappa shape index (κ3) is 4.91. The number of benzene rings is 3. The van der Waals surface area contributed by atoms with Crippen LogP contribution in [0, 0.1) is 34.1 Å². The largest absolute Gasteiger partial charge is 0.490 e. The lowest BCUT2D eigenvalue weighted by atomic mass is 10.0. The van der Waals surface area contributed by atoms with Gasteiger partial charge in [0.2, 0.25) is 0 Å². The third-order valence-electron chi connectivity index (χ3n) is 5.46. The number of hydrogen-bond donors (Lipinski definition) is 1. The Morgan fingerprint density at radius 1 is 0.972 bits per heavy atom. The minimum absolute atomic E-state index is 0.0361. The average Bonchev–Trinajstić information content (AvgIpc) is 3.26. The summed E-state index contributed by atoms with van der Waals surface area (Å²) in [6.07, 6.45) is 0. The second-order valence-corrected chi connectivity index (χ2v) is 8.92. The summed E-state index contributed by atoms with van der Waals surface area (Å²) in [6, 6.07) is 15.9. The van der Waals surface area contributed by atoms with Crippen LogP contribution in [0.15, 0.2) is 60.7 Å². The van der Waals surface area contributed by atoms with Gasteiger partial charge < -0.3 is 4.74 Å². The van der Waals surface area contributed by atoms with Gasteiger partial charge in [-0.2, -0.15) is 0 Å². The van der Waals surface area contributed by atoms with Crippen LogP contribution in [0.5, 0.6) is 5.75 Å². The Balaban J connectivity index is 1.75. The molecule has 0 aliphatic heterocycles. The number of carbonyl (C=O) groups is 1. The first kappa shape index (κ1) is 24.5. The fourth-order valence-electron chi connectivity index (χ4n) is 3.71. The van der Waals surface area contributed by atoms with Crippen molar-refractivity contribution in [1.82, 2.24) is 4.98 Å². The predicted molar refractivity (Wildman–Crippen MR) is 137 cm³/mol. The minimum Gasteiger partial charge on any atom is -0.490 e. The van der Waals surface area contributed by atoms with E-state index >= 15 is 0 Å². The number of hydrogen-bond acceptors (Lipinski definition) is 8. The molecule has 4 aromatic rings. The van der Waals surface area contributed by atoms with E-state index in [0.29, 0.717) is 16.1 Å². The molecular weight excluding hydrogens is 484 g/mol. The summed E-state index contributed by atoms with van der Waals surface area (Å²) in [5.74, 6) is -0.527. The van der Waals surface area contributed by atoms with Gasteiger partial charge in [0.15, 0.2) is 10.9 Å². The lowest BCUT2D eigenvalue weighted by Gasteiger charge is -2.07. The Morgan fingerprint density at radius 3 is 2.31 bits per heavy atom. The molecule has 1 N–H and O–H groups in total. The van der Waals surface area contributed by atoms with Gasteiger partial charge in [-0.1, -0.05) is 35.1 Å². The number of carbonyl (C=O) groups excluding carboxylic acids is 1. The van der Waals surface area contributed by atoms with Crippen molar-refractivity contribution >= 4 is 33.8 Å². The first-order valence-electron chi connectivity index (χ1n) is 10.6. The Labute approximate surface area is 209 Å². The van der Waals surface area contributed by atoms with Crippen LogP contribution in [0.1, 0.15) is 21.5 Å². The fraction of sp³-hybridized carbons (Fsp3) is 0.120. The molecule has 0 unspecified atom stereocenters. The molecule has 3 aromatic carbocycles. The van der Waals surface area contributed by atoms with Gasteiger partial charge >= 0.3 is 5.69 Å². The highest BCUT2D eigenvalue weighted by molar-refractivity contribution is 7.19. The average molecular weight is 505 g/mol. The summed E-state index contributed by atoms with van der Waals surface area (Å²) >= 11 is 1.20. The number of thiazole rings is 1. The molecule has 182 valence electrons. The molecule has 1 heterocycles. The lowest BCUT2D eigenvalue weighted by Crippen LogP contribution is -2.12. The van der Waals surface area contributed by atoms with E-state index in [4.69, 9.17) is 4.74 Å². The fourth-order valence-corrected chi connectivity index (χ4v) is 4.69. The smallest absolute Gasteiger partial charge is 0.311 e. The first-order chi connectivity index (χ1) is 17.2. The van der Waals surface area contributed by atoms with Crippen molar-refractivity contribution in [2.45, 2.75) is 13.8 Å². The van der Waals surface area contributed by atoms with Crippen molar-refractivity contribution in [3.63, 3.8) is 0 Å². The second-order valence-electron chi connectivity index (χ2n) is 7.92. The molecule has 0 bridgehead atoms. The normalized spacial score (nSPS) is 10.6. The summed E-state index contributed by atoms with van der Waals surface area (Å²) in [7, 11) is 1.31. The summed E-state index contributed by atoms with van der Waals surface area (Å²) in [4.78, 5) is 39.6. The molecule has 0 spiro atoms. The number of aryl methyl sites for hydroxylation is 2. The molecule has 0 saturated carbocycles. The number of aromatic nitrogens is 1. The monoisotopic (exact) mass is 504 g/mol. The first-order valence-corrected chi connectivity index (χ1v) is 11.5. The number of methoxy groups -OCH3 is 1. The summed E-state index contributed by atoms with van der Waals surface area (Å²) in [6.45, 7) is 3.94. The third-order valence-corrected chi connectivity index (χ3v) is 6.48. The van der Waals surface area contributed by atoms with Gasteiger partial charge in [-0.05, 0) is 49.2 Å². The van der Waals surface area contributed by atoms with Crippen LogP contribution in [0.2, 0.25) is 0 Å². The van der Waals surface area contributed by atoms with E-state index in [0.717, 1.165) is 22.8 Å². The van der Waals surface area contributed by atoms with Crippen molar-refractivity contribution in [2.75, 3.05) is 12.4 Å². The molecule has 0 fully saturated rings. The van der Waals surface area contributed by atoms with Crippen molar-refractivity contribution < 1.29 is 19.4 Å². The van der Waals surface area contributed by atoms with E-state index in [1.54, 1.807) is 12.1 Å². The highest BCUT2D eigenvalue weighted by Gasteiger charge is 2.22. The van der Waals surface area contributed by atoms with Crippen LogP contribution < -0.4 is 10.1 Å². The van der Waals surface area contributed by atoms with Gasteiger partial charge in [0.25, 0.3) is 11.6 Å². The minimum atomic E-state index is -0.621. The molecule has 0 radical (unpaired) electrons. The van der Waals surface area contributed by atoms with Crippen LogP contribution in [0.25, 0.3) is 21.7 Å². The zero-order valence-corrected chi connectivity index (χ0v) is 20.3. The second kappa shape index (κ2) is 9.92. The van der Waals surface area contributed by atoms with Gasteiger partial charge in [-0.3, -0.25) is 30.3 Å². The standard InChI is InChI=1S/C25H20N4O6S/c1-14-4-10-19(15(2)12-14)22-23(16-5-8-18(9-6-16)28(31)32)36-25(26-22)27-24(30)17-7-11-21(35-3)20(13-17)29(33)34/h4-13H,1-3H3,(H,26,27,30). The van der Waals surface area contributed by atoms with E-state index in [1.165, 1.54) is 42.7 Å². The van der Waals surface area contributed by atoms with E-state index in [1.807, 2.05) is 32.0 Å². The van der Waals surface area contributed by atoms with Crippen molar-refractivity contribution in [1.29, 1.82) is 0 Å². The van der Waals surface area contributed by atoms with Crippen LogP contribution >= 0.6 is 11.3 Å². The maximum absolute atomic E-state index is 12.9. The number of nitro groups is 2. The van der Waals surface area contributed by atoms with E-state index < -0.39 is 15.8 Å². The molecule has 0 aliphatic carbocycles. The topological polar surface area (TPSA) is 138 Å². The SMILES string of the molecule is COc1ccc(C(=O)Nc2nc(-c3ccc(C)cc3C)c(-c3ccc([N+](=O)[O-])cc3)s2)cc1[N+](=O)[O-]. The van der Waals surface area contributed by atoms with Crippen LogP contribution in [0.4, 0.5) is 16.5 Å². The molecule has 4 rings (SSSR count). The summed E-state index contributed by atoms with van der Waals surface area (Å²) < 4.78 is 4.99. The zero-order valence-electron chi connectivity index (χ0n) is 19.5. The quantitative estimate of drug-likeness (QED) is 0.234. The van der Waals surface area contributed by atoms with E-state index in [9.17, 15) is 25.0 Å². The summed E-state index contributed by atoms with van der Waals surface area (Å²) in [5, 5.41) is 25.4. The molecular formula is C25H20N4O6S. The Hall–Kier alpha value is -4.64. The number of nitrogens with one attached hydrogen (secondary N) is 1. The molecule has 0 aliphatic rings. The number of ether oxygens (including phenoxy) is 1. The van der Waals surface area contributed by atoms with E-state index in [2.05, 4.69) is 10.3 Å². The highest BCUT2D eigenvalue weighted by atomic mass is 32.1. The van der Waals surface area contributed by atoms with Crippen LogP contribution in [0.3, 0.4) is 0 Å². The van der Waals surface area contributed by atoms with Gasteiger partial charge in [-0.25, -0.2) is 4.98 Å². The Bertz CT molecular complexity index is 1500. The van der Waals surface area contributed by atoms with Gasteiger partial charge in [0.1, 0.15) is 0 Å². The number of rotatable bonds is 7. The lowest BCUT2D eigenvalue weighted by molar-refractivity contribution is -0.385. The Morgan fingerprint density at radius 2 is 1.69 bits per heavy atom. The number of nitrogens with zero attached hydrogens (tertiary/aromatic N) is 3. The van der Waals surface area contributed by atoms with Gasteiger partial charge in [0, 0.05) is 29.3 Å². The van der Waals surface area contributed by atoms with E-state index in [-0.39, 0.29) is 27.8 Å². The number of nitro benzene ring substituents is 2. The number of anilines is 1. The maximum Gasteiger partial charge on any atom is 0.311 e. The van der Waals surface area contributed by atoms with Gasteiger partial charge in [0.05, 0.1) is 27.5 Å². The van der Waals surface area contributed by atoms with Crippen molar-refractivity contribution in [3.05, 3.63) is 97.6 Å². The van der Waals surface area contributed by atoms with Crippen molar-refractivity contribution in [2.24, 2.45) is 0 Å². The van der Waals surface area contributed by atoms with Gasteiger partial charge in [-0.15, -0.1) is 0 Å². The number of amides is 1. The Kier molecular flexibility index (Phi) is 6.75. The maximum atomic E-state index is 12.9. The molecule has 0 atom stereocenters. The zero-order chi connectivity index (χ0) is 26.0. The predicted octanol–water partition coefficient (Wildman–Crippen LogP) is 6.17. The molecule has 0 saturated heterocycles. The van der Waals surface area contributed by atoms with Crippen molar-refractivity contribution in [3.8, 4) is 27.4 Å². The molecule has 10 nitrogen and oxygen atoms in total. The molecule has 36 heavy (non-hydrogen) atoms. The molecule has 1 aromatic heterocycles. The van der Waals surface area contributed by atoms with Crippen LogP contribution in [-0.4, -0.2) is 27.8 Å². The highest BCUT2D eigenvalue weighted by Crippen LogP contribution is 2.41. The van der Waals surface area contributed by atoms with Crippen LogP contribution in [-0.2, 0) is 0 Å².